The predicted molar refractivity (Wildman–Crippen MR) is 76.3 cm³/mol. The fourth-order valence-electron chi connectivity index (χ4n) is 2.03. The van der Waals surface area contributed by atoms with Crippen LogP contribution < -0.4 is 15.2 Å². The number of nitrogens with two attached hydrogens (primary N) is 1. The van der Waals surface area contributed by atoms with E-state index in [9.17, 15) is 0 Å². The molecule has 1 aromatic rings. The van der Waals surface area contributed by atoms with Gasteiger partial charge in [0.15, 0.2) is 11.5 Å². The fourth-order valence-corrected chi connectivity index (χ4v) is 2.03. The third kappa shape index (κ3) is 4.37. The lowest BCUT2D eigenvalue weighted by Crippen LogP contribution is -2.14. The quantitative estimate of drug-likeness (QED) is 0.773. The summed E-state index contributed by atoms with van der Waals surface area (Å²) in [6.45, 7) is 3.22. The minimum atomic E-state index is -0.0605. The summed E-state index contributed by atoms with van der Waals surface area (Å²) in [6, 6.07) is 5.84. The molecule has 0 radical (unpaired) electrons. The zero-order chi connectivity index (χ0) is 14.2. The van der Waals surface area contributed by atoms with E-state index in [1.807, 2.05) is 18.2 Å². The number of hydrogen-bond donors (Lipinski definition) is 1. The third-order valence-corrected chi connectivity index (χ3v) is 3.20. The van der Waals surface area contributed by atoms with Gasteiger partial charge in [0.05, 0.1) is 26.4 Å². The standard InChI is InChI=1S/C15H23NO4/c1-17-9-10-18-8-5-13(16)12-3-4-14-15(11-12)20-7-2-6-19-14/h3-4,11,13H,2,5-10,16H2,1H3. The molecular weight excluding hydrogens is 258 g/mol. The summed E-state index contributed by atoms with van der Waals surface area (Å²) in [5.74, 6) is 1.59. The van der Waals surface area contributed by atoms with E-state index < -0.39 is 0 Å². The summed E-state index contributed by atoms with van der Waals surface area (Å²) in [5.41, 5.74) is 7.22. The van der Waals surface area contributed by atoms with Crippen LogP contribution in [-0.2, 0) is 9.47 Å². The Morgan fingerprint density at radius 2 is 1.95 bits per heavy atom. The average Bonchev–Trinajstić information content (AvgIpc) is 2.71. The molecule has 0 spiro atoms. The van der Waals surface area contributed by atoms with Gasteiger partial charge in [0.1, 0.15) is 0 Å². The molecule has 20 heavy (non-hydrogen) atoms. The average molecular weight is 281 g/mol. The summed E-state index contributed by atoms with van der Waals surface area (Å²) < 4.78 is 21.6. The van der Waals surface area contributed by atoms with Crippen LogP contribution in [0.3, 0.4) is 0 Å². The van der Waals surface area contributed by atoms with E-state index in [1.54, 1.807) is 7.11 Å². The van der Waals surface area contributed by atoms with E-state index in [4.69, 9.17) is 24.7 Å². The Labute approximate surface area is 120 Å². The summed E-state index contributed by atoms with van der Waals surface area (Å²) in [7, 11) is 1.66. The Morgan fingerprint density at radius 1 is 1.15 bits per heavy atom. The van der Waals surface area contributed by atoms with E-state index in [-0.39, 0.29) is 6.04 Å². The van der Waals surface area contributed by atoms with E-state index in [1.165, 1.54) is 0 Å². The SMILES string of the molecule is COCCOCCC(N)c1ccc2c(c1)OCCCO2. The van der Waals surface area contributed by atoms with Gasteiger partial charge >= 0.3 is 0 Å². The largest absolute Gasteiger partial charge is 0.490 e. The molecule has 0 amide bonds. The first kappa shape index (κ1) is 15.1. The highest BCUT2D eigenvalue weighted by Crippen LogP contribution is 2.32. The van der Waals surface area contributed by atoms with Crippen molar-refractivity contribution in [1.82, 2.24) is 0 Å². The second kappa shape index (κ2) is 8.09. The van der Waals surface area contributed by atoms with Crippen LogP contribution in [0.5, 0.6) is 11.5 Å². The van der Waals surface area contributed by atoms with Gasteiger partial charge < -0.3 is 24.7 Å². The molecule has 1 heterocycles. The molecule has 0 bridgehead atoms. The van der Waals surface area contributed by atoms with E-state index >= 15 is 0 Å². The van der Waals surface area contributed by atoms with Crippen molar-refractivity contribution >= 4 is 0 Å². The van der Waals surface area contributed by atoms with Crippen molar-refractivity contribution in [1.29, 1.82) is 0 Å². The number of benzene rings is 1. The van der Waals surface area contributed by atoms with Gasteiger partial charge in [-0.1, -0.05) is 6.07 Å². The Hall–Kier alpha value is -1.30. The lowest BCUT2D eigenvalue weighted by molar-refractivity contribution is 0.0672. The van der Waals surface area contributed by atoms with Gasteiger partial charge in [0.2, 0.25) is 0 Å². The molecule has 0 aliphatic carbocycles. The molecule has 2 N–H and O–H groups in total. The summed E-state index contributed by atoms with van der Waals surface area (Å²) in [4.78, 5) is 0. The Balaban J connectivity index is 1.86. The van der Waals surface area contributed by atoms with Crippen LogP contribution in [-0.4, -0.2) is 40.1 Å². The molecule has 0 saturated carbocycles. The van der Waals surface area contributed by atoms with Gasteiger partial charge in [-0.15, -0.1) is 0 Å². The van der Waals surface area contributed by atoms with Crippen molar-refractivity contribution in [3.05, 3.63) is 23.8 Å². The molecule has 1 aliphatic rings. The van der Waals surface area contributed by atoms with Crippen LogP contribution in [0.25, 0.3) is 0 Å². The van der Waals surface area contributed by atoms with E-state index in [0.29, 0.717) is 33.0 Å². The van der Waals surface area contributed by atoms with Crippen LogP contribution in [0, 0.1) is 0 Å². The van der Waals surface area contributed by atoms with Gasteiger partial charge in [-0.2, -0.15) is 0 Å². The zero-order valence-corrected chi connectivity index (χ0v) is 12.0. The first-order valence-electron chi connectivity index (χ1n) is 7.03. The van der Waals surface area contributed by atoms with Crippen molar-refractivity contribution in [3.8, 4) is 11.5 Å². The fraction of sp³-hybridized carbons (Fsp3) is 0.600. The van der Waals surface area contributed by atoms with Crippen molar-refractivity contribution in [2.75, 3.05) is 40.1 Å². The molecule has 5 nitrogen and oxygen atoms in total. The highest BCUT2D eigenvalue weighted by atomic mass is 16.5. The number of ether oxygens (including phenoxy) is 4. The molecule has 1 aromatic carbocycles. The molecule has 5 heteroatoms. The molecular formula is C15H23NO4. The molecule has 0 aromatic heterocycles. The van der Waals surface area contributed by atoms with Gasteiger partial charge in [-0.05, 0) is 24.1 Å². The van der Waals surface area contributed by atoms with Gasteiger partial charge in [-0.25, -0.2) is 0 Å². The highest BCUT2D eigenvalue weighted by molar-refractivity contribution is 5.44. The lowest BCUT2D eigenvalue weighted by atomic mass is 10.0. The minimum Gasteiger partial charge on any atom is -0.490 e. The van der Waals surface area contributed by atoms with Crippen molar-refractivity contribution in [2.45, 2.75) is 18.9 Å². The molecule has 112 valence electrons. The minimum absolute atomic E-state index is 0.0605. The van der Waals surface area contributed by atoms with Gasteiger partial charge in [-0.3, -0.25) is 0 Å². The second-order valence-electron chi connectivity index (χ2n) is 4.76. The van der Waals surface area contributed by atoms with Crippen LogP contribution in [0.2, 0.25) is 0 Å². The third-order valence-electron chi connectivity index (χ3n) is 3.20. The zero-order valence-electron chi connectivity index (χ0n) is 12.0. The Morgan fingerprint density at radius 3 is 2.75 bits per heavy atom. The molecule has 2 rings (SSSR count). The van der Waals surface area contributed by atoms with Crippen molar-refractivity contribution in [3.63, 3.8) is 0 Å². The predicted octanol–water partition coefficient (Wildman–Crippen LogP) is 1.90. The number of hydrogen-bond acceptors (Lipinski definition) is 5. The monoisotopic (exact) mass is 281 g/mol. The second-order valence-corrected chi connectivity index (χ2v) is 4.76. The van der Waals surface area contributed by atoms with Crippen LogP contribution in [0.4, 0.5) is 0 Å². The summed E-state index contributed by atoms with van der Waals surface area (Å²) in [6.07, 6.45) is 1.67. The van der Waals surface area contributed by atoms with Crippen LogP contribution in [0.15, 0.2) is 18.2 Å². The molecule has 0 saturated heterocycles. The van der Waals surface area contributed by atoms with E-state index in [0.717, 1.165) is 29.9 Å². The van der Waals surface area contributed by atoms with Gasteiger partial charge in [0, 0.05) is 26.2 Å². The first-order chi connectivity index (χ1) is 9.81. The van der Waals surface area contributed by atoms with Gasteiger partial charge in [0.25, 0.3) is 0 Å². The maximum Gasteiger partial charge on any atom is 0.161 e. The lowest BCUT2D eigenvalue weighted by Gasteiger charge is -2.15. The Kier molecular flexibility index (Phi) is 6.11. The number of fused-ring (bicyclic) bond motifs is 1. The maximum absolute atomic E-state index is 6.17. The Bertz CT molecular complexity index is 411. The molecule has 1 aliphatic heterocycles. The molecule has 1 unspecified atom stereocenters. The van der Waals surface area contributed by atoms with Crippen molar-refractivity contribution < 1.29 is 18.9 Å². The van der Waals surface area contributed by atoms with E-state index in [2.05, 4.69) is 0 Å². The topological polar surface area (TPSA) is 62.9 Å². The summed E-state index contributed by atoms with van der Waals surface area (Å²) in [5, 5.41) is 0. The normalized spacial score (nSPS) is 15.7. The number of methoxy groups -OCH3 is 1. The first-order valence-corrected chi connectivity index (χ1v) is 7.03. The molecule has 0 fully saturated rings. The smallest absolute Gasteiger partial charge is 0.161 e. The van der Waals surface area contributed by atoms with Crippen molar-refractivity contribution in [2.24, 2.45) is 5.73 Å². The highest BCUT2D eigenvalue weighted by Gasteiger charge is 2.13. The maximum atomic E-state index is 6.17. The molecule has 1 atom stereocenters. The number of rotatable bonds is 7. The van der Waals surface area contributed by atoms with Crippen LogP contribution in [0.1, 0.15) is 24.4 Å². The van der Waals surface area contributed by atoms with Crippen LogP contribution >= 0.6 is 0 Å². The summed E-state index contributed by atoms with van der Waals surface area (Å²) >= 11 is 0.